The van der Waals surface area contributed by atoms with Gasteiger partial charge in [0.1, 0.15) is 0 Å². The molecule has 0 saturated carbocycles. The molecule has 2 aromatic rings. The second-order valence-electron chi connectivity index (χ2n) is 5.88. The Morgan fingerprint density at radius 2 is 1.67 bits per heavy atom. The molecule has 1 amide bonds. The number of sulfonamides is 1. The maximum Gasteiger partial charge on any atom is 0.253 e. The number of benzene rings is 2. The molecule has 0 bridgehead atoms. The number of hydrogen-bond donors (Lipinski definition) is 0. The molecule has 0 atom stereocenters. The quantitative estimate of drug-likeness (QED) is 0.836. The van der Waals surface area contributed by atoms with E-state index in [4.69, 9.17) is 0 Å². The topological polar surface area (TPSA) is 57.7 Å². The Kier molecular flexibility index (Phi) is 5.29. The zero-order valence-electron chi connectivity index (χ0n) is 14.4. The lowest BCUT2D eigenvalue weighted by molar-refractivity contribution is 0.0785. The maximum absolute atomic E-state index is 12.6. The van der Waals surface area contributed by atoms with Crippen molar-refractivity contribution in [2.45, 2.75) is 13.5 Å². The molecule has 24 heavy (non-hydrogen) atoms. The minimum atomic E-state index is -3.38. The first kappa shape index (κ1) is 18.0. The number of anilines is 1. The van der Waals surface area contributed by atoms with E-state index in [1.54, 1.807) is 30.1 Å². The zero-order chi connectivity index (χ0) is 17.9. The van der Waals surface area contributed by atoms with Crippen molar-refractivity contribution in [2.24, 2.45) is 0 Å². The van der Waals surface area contributed by atoms with Gasteiger partial charge in [0.25, 0.3) is 5.91 Å². The summed E-state index contributed by atoms with van der Waals surface area (Å²) in [6, 6.07) is 14.8. The van der Waals surface area contributed by atoms with E-state index in [1.807, 2.05) is 37.3 Å². The van der Waals surface area contributed by atoms with Gasteiger partial charge in [0.15, 0.2) is 0 Å². The molecular formula is C18H22N2O3S. The average Bonchev–Trinajstić information content (AvgIpc) is 2.54. The Balaban J connectivity index is 2.27. The van der Waals surface area contributed by atoms with Crippen molar-refractivity contribution >= 4 is 21.6 Å². The van der Waals surface area contributed by atoms with Crippen molar-refractivity contribution in [2.75, 3.05) is 24.7 Å². The second-order valence-corrected chi connectivity index (χ2v) is 7.89. The molecule has 0 N–H and O–H groups in total. The summed E-state index contributed by atoms with van der Waals surface area (Å²) in [7, 11) is -0.164. The molecular weight excluding hydrogens is 324 g/mol. The minimum absolute atomic E-state index is 0.151. The molecule has 5 nitrogen and oxygen atoms in total. The highest BCUT2D eigenvalue weighted by atomic mass is 32.2. The Hall–Kier alpha value is -2.34. The van der Waals surface area contributed by atoms with Crippen LogP contribution in [0.3, 0.4) is 0 Å². The SMILES string of the molecule is Cc1ccc(C(=O)N(C)Cc2ccccc2)cc1N(C)S(C)(=O)=O. The van der Waals surface area contributed by atoms with Crippen LogP contribution in [0.4, 0.5) is 5.69 Å². The Morgan fingerprint density at radius 3 is 2.25 bits per heavy atom. The molecule has 128 valence electrons. The standard InChI is InChI=1S/C18H22N2O3S/c1-14-10-11-16(12-17(14)20(3)24(4,22)23)18(21)19(2)13-15-8-6-5-7-9-15/h5-12H,13H2,1-4H3. The van der Waals surface area contributed by atoms with Gasteiger partial charge in [-0.25, -0.2) is 8.42 Å². The van der Waals surface area contributed by atoms with Gasteiger partial charge in [-0.2, -0.15) is 0 Å². The normalized spacial score (nSPS) is 11.2. The number of hydrogen-bond acceptors (Lipinski definition) is 3. The van der Waals surface area contributed by atoms with Crippen LogP contribution in [0.25, 0.3) is 0 Å². The molecule has 0 aromatic heterocycles. The van der Waals surface area contributed by atoms with Crippen LogP contribution in [0.5, 0.6) is 0 Å². The summed E-state index contributed by atoms with van der Waals surface area (Å²) >= 11 is 0. The van der Waals surface area contributed by atoms with Gasteiger partial charge in [0.05, 0.1) is 11.9 Å². The summed E-state index contributed by atoms with van der Waals surface area (Å²) in [5.41, 5.74) is 2.81. The van der Waals surface area contributed by atoms with Gasteiger partial charge in [0.2, 0.25) is 10.0 Å². The van der Waals surface area contributed by atoms with Gasteiger partial charge in [-0.15, -0.1) is 0 Å². The highest BCUT2D eigenvalue weighted by Crippen LogP contribution is 2.23. The van der Waals surface area contributed by atoms with Gasteiger partial charge in [-0.3, -0.25) is 9.10 Å². The lowest BCUT2D eigenvalue weighted by Crippen LogP contribution is -2.28. The van der Waals surface area contributed by atoms with Crippen LogP contribution >= 0.6 is 0 Å². The predicted octanol–water partition coefficient (Wildman–Crippen LogP) is 2.66. The molecule has 2 rings (SSSR count). The lowest BCUT2D eigenvalue weighted by Gasteiger charge is -2.22. The van der Waals surface area contributed by atoms with Crippen molar-refractivity contribution in [3.63, 3.8) is 0 Å². The van der Waals surface area contributed by atoms with Crippen LogP contribution in [0.1, 0.15) is 21.5 Å². The van der Waals surface area contributed by atoms with E-state index < -0.39 is 10.0 Å². The minimum Gasteiger partial charge on any atom is -0.337 e. The molecule has 2 aromatic carbocycles. The van der Waals surface area contributed by atoms with E-state index in [9.17, 15) is 13.2 Å². The van der Waals surface area contributed by atoms with Crippen molar-refractivity contribution in [1.82, 2.24) is 4.90 Å². The monoisotopic (exact) mass is 346 g/mol. The third-order valence-electron chi connectivity index (χ3n) is 3.90. The van der Waals surface area contributed by atoms with Crippen molar-refractivity contribution in [3.8, 4) is 0 Å². The highest BCUT2D eigenvalue weighted by Gasteiger charge is 2.18. The number of aryl methyl sites for hydroxylation is 1. The van der Waals surface area contributed by atoms with E-state index in [0.717, 1.165) is 17.4 Å². The molecule has 0 unspecified atom stereocenters. The van der Waals surface area contributed by atoms with Crippen LogP contribution in [0, 0.1) is 6.92 Å². The van der Waals surface area contributed by atoms with Crippen LogP contribution in [-0.4, -0.2) is 39.6 Å². The van der Waals surface area contributed by atoms with Crippen molar-refractivity contribution in [3.05, 3.63) is 65.2 Å². The highest BCUT2D eigenvalue weighted by molar-refractivity contribution is 7.92. The first-order chi connectivity index (χ1) is 11.2. The van der Waals surface area contributed by atoms with Crippen molar-refractivity contribution < 1.29 is 13.2 Å². The molecule has 0 radical (unpaired) electrons. The van der Waals surface area contributed by atoms with Crippen molar-refractivity contribution in [1.29, 1.82) is 0 Å². The molecule has 0 aliphatic rings. The van der Waals surface area contributed by atoms with Gasteiger partial charge in [-0.1, -0.05) is 36.4 Å². The third kappa shape index (κ3) is 4.14. The smallest absolute Gasteiger partial charge is 0.253 e. The van der Waals surface area contributed by atoms with Gasteiger partial charge >= 0.3 is 0 Å². The number of carbonyl (C=O) groups is 1. The van der Waals surface area contributed by atoms with E-state index in [1.165, 1.54) is 11.4 Å². The average molecular weight is 346 g/mol. The molecule has 0 spiro atoms. The summed E-state index contributed by atoms with van der Waals surface area (Å²) in [6.07, 6.45) is 1.14. The number of nitrogens with zero attached hydrogens (tertiary/aromatic N) is 2. The summed E-state index contributed by atoms with van der Waals surface area (Å²) < 4.78 is 24.7. The van der Waals surface area contributed by atoms with Crippen LogP contribution in [-0.2, 0) is 16.6 Å². The summed E-state index contributed by atoms with van der Waals surface area (Å²) in [4.78, 5) is 14.3. The zero-order valence-corrected chi connectivity index (χ0v) is 15.2. The first-order valence-electron chi connectivity index (χ1n) is 7.54. The number of amides is 1. The fourth-order valence-corrected chi connectivity index (χ4v) is 2.96. The number of carbonyl (C=O) groups excluding carboxylic acids is 1. The fourth-order valence-electron chi connectivity index (χ4n) is 2.41. The largest absolute Gasteiger partial charge is 0.337 e. The van der Waals surface area contributed by atoms with E-state index in [-0.39, 0.29) is 5.91 Å². The lowest BCUT2D eigenvalue weighted by atomic mass is 10.1. The number of rotatable bonds is 5. The molecule has 0 aliphatic heterocycles. The third-order valence-corrected chi connectivity index (χ3v) is 5.09. The van der Waals surface area contributed by atoms with E-state index >= 15 is 0 Å². The Bertz CT molecular complexity index is 833. The van der Waals surface area contributed by atoms with Crippen LogP contribution in [0.15, 0.2) is 48.5 Å². The van der Waals surface area contributed by atoms with E-state index in [0.29, 0.717) is 17.8 Å². The molecule has 0 heterocycles. The van der Waals surface area contributed by atoms with Gasteiger partial charge < -0.3 is 4.90 Å². The van der Waals surface area contributed by atoms with Gasteiger partial charge in [0, 0.05) is 26.2 Å². The second kappa shape index (κ2) is 7.05. The summed E-state index contributed by atoms with van der Waals surface area (Å²) in [5.74, 6) is -0.151. The van der Waals surface area contributed by atoms with Crippen LogP contribution < -0.4 is 4.31 Å². The van der Waals surface area contributed by atoms with E-state index in [2.05, 4.69) is 0 Å². The summed E-state index contributed by atoms with van der Waals surface area (Å²) in [6.45, 7) is 2.31. The molecule has 6 heteroatoms. The summed E-state index contributed by atoms with van der Waals surface area (Å²) in [5, 5.41) is 0. The van der Waals surface area contributed by atoms with Gasteiger partial charge in [-0.05, 0) is 30.2 Å². The maximum atomic E-state index is 12.6. The fraction of sp³-hybridized carbons (Fsp3) is 0.278. The molecule has 0 aliphatic carbocycles. The molecule has 0 saturated heterocycles. The van der Waals surface area contributed by atoms with Crippen LogP contribution in [0.2, 0.25) is 0 Å². The Morgan fingerprint density at radius 1 is 1.04 bits per heavy atom. The Labute approximate surface area is 143 Å². The first-order valence-corrected chi connectivity index (χ1v) is 9.39. The predicted molar refractivity (Wildman–Crippen MR) is 96.7 cm³/mol. The molecule has 0 fully saturated rings.